The Kier molecular flexibility index (Phi) is 5.60. The average Bonchev–Trinajstić information content (AvgIpc) is 2.62. The summed E-state index contributed by atoms with van der Waals surface area (Å²) < 4.78 is 36.6. The fourth-order valence-electron chi connectivity index (χ4n) is 3.68. The Morgan fingerprint density at radius 2 is 1.85 bits per heavy atom. The van der Waals surface area contributed by atoms with Crippen molar-refractivity contribution in [1.29, 1.82) is 0 Å². The molecule has 142 valence electrons. The van der Waals surface area contributed by atoms with Crippen molar-refractivity contribution in [3.63, 3.8) is 0 Å². The van der Waals surface area contributed by atoms with E-state index in [0.29, 0.717) is 32.5 Å². The monoisotopic (exact) mass is 381 g/mol. The van der Waals surface area contributed by atoms with Crippen LogP contribution in [0.4, 0.5) is 4.39 Å². The molecule has 8 heteroatoms. The van der Waals surface area contributed by atoms with Gasteiger partial charge in [0.2, 0.25) is 5.91 Å². The van der Waals surface area contributed by atoms with Crippen LogP contribution in [-0.4, -0.2) is 68.7 Å². The number of hydrogen-bond donors (Lipinski definition) is 0. The van der Waals surface area contributed by atoms with Crippen molar-refractivity contribution in [3.8, 4) is 0 Å². The van der Waals surface area contributed by atoms with Gasteiger partial charge < -0.3 is 9.80 Å². The molecule has 1 atom stereocenters. The molecule has 0 bridgehead atoms. The van der Waals surface area contributed by atoms with Crippen LogP contribution in [0.3, 0.4) is 0 Å². The lowest BCUT2D eigenvalue weighted by Gasteiger charge is -2.42. The van der Waals surface area contributed by atoms with E-state index in [1.807, 2.05) is 9.80 Å². The van der Waals surface area contributed by atoms with Gasteiger partial charge in [0.25, 0.3) is 0 Å². The van der Waals surface area contributed by atoms with E-state index < -0.39 is 9.84 Å². The van der Waals surface area contributed by atoms with Crippen LogP contribution in [0, 0.1) is 11.7 Å². The van der Waals surface area contributed by atoms with Gasteiger partial charge in [-0.05, 0) is 30.5 Å². The van der Waals surface area contributed by atoms with E-state index in [9.17, 15) is 17.6 Å². The summed E-state index contributed by atoms with van der Waals surface area (Å²) in [7, 11) is -1.30. The second kappa shape index (κ2) is 7.73. The standard InChI is InChI=1S/C18H24FN3O3S/c1-20-13-21-8-9-22(17(12-21)14-2-4-16(19)5-3-14)18(23)15-6-10-26(24,25)11-7-15/h2-5,13,15,17H,6-12H2,1H3/b20-13+. The highest BCUT2D eigenvalue weighted by molar-refractivity contribution is 7.91. The molecule has 1 aromatic rings. The normalized spacial score (nSPS) is 24.2. The summed E-state index contributed by atoms with van der Waals surface area (Å²) in [6, 6.07) is 6.01. The number of halogens is 1. The number of aliphatic imine (C=N–C) groups is 1. The third kappa shape index (κ3) is 4.23. The molecule has 0 aromatic heterocycles. The molecule has 2 aliphatic heterocycles. The number of sulfone groups is 1. The van der Waals surface area contributed by atoms with E-state index in [4.69, 9.17) is 0 Å². The average molecular weight is 381 g/mol. The predicted octanol–water partition coefficient (Wildman–Crippen LogP) is 1.49. The number of amides is 1. The fourth-order valence-corrected chi connectivity index (χ4v) is 5.17. The Hall–Kier alpha value is -1.96. The van der Waals surface area contributed by atoms with Gasteiger partial charge in [0.15, 0.2) is 0 Å². The van der Waals surface area contributed by atoms with Crippen molar-refractivity contribution in [2.24, 2.45) is 10.9 Å². The van der Waals surface area contributed by atoms with Crippen molar-refractivity contribution in [3.05, 3.63) is 35.6 Å². The molecule has 0 saturated carbocycles. The van der Waals surface area contributed by atoms with E-state index >= 15 is 0 Å². The molecular formula is C18H24FN3O3S. The third-order valence-electron chi connectivity index (χ3n) is 5.13. The Bertz CT molecular complexity index is 765. The van der Waals surface area contributed by atoms with E-state index in [1.165, 1.54) is 12.1 Å². The summed E-state index contributed by atoms with van der Waals surface area (Å²) in [6.45, 7) is 1.79. The maximum atomic E-state index is 13.3. The summed E-state index contributed by atoms with van der Waals surface area (Å²) in [6.07, 6.45) is 2.52. The number of piperazine rings is 1. The number of hydrogen-bond acceptors (Lipinski definition) is 4. The SMILES string of the molecule is C/N=C/N1CCN(C(=O)C2CCS(=O)(=O)CC2)C(c2ccc(F)cc2)C1. The molecule has 1 amide bonds. The third-order valence-corrected chi connectivity index (χ3v) is 6.85. The second-order valence-corrected chi connectivity index (χ2v) is 9.20. The molecule has 26 heavy (non-hydrogen) atoms. The van der Waals surface area contributed by atoms with E-state index in [-0.39, 0.29) is 35.2 Å². The lowest BCUT2D eigenvalue weighted by Crippen LogP contribution is -2.52. The largest absolute Gasteiger partial charge is 0.359 e. The molecule has 3 rings (SSSR count). The summed E-state index contributed by atoms with van der Waals surface area (Å²) in [5, 5.41) is 0. The van der Waals surface area contributed by atoms with Gasteiger partial charge in [-0.1, -0.05) is 12.1 Å². The molecule has 2 fully saturated rings. The van der Waals surface area contributed by atoms with Crippen molar-refractivity contribution in [2.75, 3.05) is 38.2 Å². The summed E-state index contributed by atoms with van der Waals surface area (Å²) in [5.41, 5.74) is 0.873. The molecule has 2 aliphatic rings. The summed E-state index contributed by atoms with van der Waals surface area (Å²) in [4.78, 5) is 21.0. The number of rotatable bonds is 3. The minimum Gasteiger partial charge on any atom is -0.359 e. The second-order valence-electron chi connectivity index (χ2n) is 6.89. The zero-order valence-electron chi connectivity index (χ0n) is 14.8. The maximum Gasteiger partial charge on any atom is 0.226 e. The van der Waals surface area contributed by atoms with Gasteiger partial charge in [-0.25, -0.2) is 12.8 Å². The van der Waals surface area contributed by atoms with Crippen LogP contribution in [-0.2, 0) is 14.6 Å². The zero-order valence-corrected chi connectivity index (χ0v) is 15.7. The van der Waals surface area contributed by atoms with Crippen molar-refractivity contribution in [1.82, 2.24) is 9.80 Å². The molecule has 1 unspecified atom stereocenters. The molecule has 1 aromatic carbocycles. The molecule has 6 nitrogen and oxygen atoms in total. The van der Waals surface area contributed by atoms with Crippen molar-refractivity contribution < 1.29 is 17.6 Å². The fraction of sp³-hybridized carbons (Fsp3) is 0.556. The minimum absolute atomic E-state index is 0.00214. The van der Waals surface area contributed by atoms with E-state index in [2.05, 4.69) is 4.99 Å². The molecule has 0 aliphatic carbocycles. The first-order valence-electron chi connectivity index (χ1n) is 8.82. The van der Waals surface area contributed by atoms with Crippen LogP contribution < -0.4 is 0 Å². The molecule has 0 spiro atoms. The van der Waals surface area contributed by atoms with Gasteiger partial charge in [-0.15, -0.1) is 0 Å². The summed E-state index contributed by atoms with van der Waals surface area (Å²) >= 11 is 0. The van der Waals surface area contributed by atoms with Crippen LogP contribution in [0.5, 0.6) is 0 Å². The molecule has 2 saturated heterocycles. The Morgan fingerprint density at radius 3 is 2.46 bits per heavy atom. The van der Waals surface area contributed by atoms with Crippen molar-refractivity contribution >= 4 is 22.1 Å². The van der Waals surface area contributed by atoms with Crippen LogP contribution in [0.2, 0.25) is 0 Å². The topological polar surface area (TPSA) is 70.0 Å². The number of carbonyl (C=O) groups excluding carboxylic acids is 1. The highest BCUT2D eigenvalue weighted by Crippen LogP contribution is 2.30. The van der Waals surface area contributed by atoms with Gasteiger partial charge >= 0.3 is 0 Å². The zero-order chi connectivity index (χ0) is 18.7. The Morgan fingerprint density at radius 1 is 1.19 bits per heavy atom. The first kappa shape index (κ1) is 18.8. The van der Waals surface area contributed by atoms with Gasteiger partial charge in [-0.3, -0.25) is 9.79 Å². The molecule has 2 heterocycles. The Labute approximate surface area is 153 Å². The van der Waals surface area contributed by atoms with E-state index in [1.54, 1.807) is 25.5 Å². The lowest BCUT2D eigenvalue weighted by molar-refractivity contribution is -0.140. The van der Waals surface area contributed by atoms with Gasteiger partial charge in [0.1, 0.15) is 15.7 Å². The van der Waals surface area contributed by atoms with Gasteiger partial charge in [-0.2, -0.15) is 0 Å². The number of benzene rings is 1. The number of carbonyl (C=O) groups is 1. The maximum absolute atomic E-state index is 13.3. The first-order valence-corrected chi connectivity index (χ1v) is 10.6. The van der Waals surface area contributed by atoms with Gasteiger partial charge in [0.05, 0.1) is 23.9 Å². The van der Waals surface area contributed by atoms with Gasteiger partial charge in [0, 0.05) is 32.6 Å². The quantitative estimate of drug-likeness (QED) is 0.588. The predicted molar refractivity (Wildman–Crippen MR) is 98.2 cm³/mol. The van der Waals surface area contributed by atoms with Crippen LogP contribution >= 0.6 is 0 Å². The smallest absolute Gasteiger partial charge is 0.226 e. The molecule has 0 N–H and O–H groups in total. The van der Waals surface area contributed by atoms with E-state index in [0.717, 1.165) is 5.56 Å². The van der Waals surface area contributed by atoms with Crippen LogP contribution in [0.15, 0.2) is 29.3 Å². The first-order chi connectivity index (χ1) is 12.4. The lowest BCUT2D eigenvalue weighted by atomic mass is 9.96. The van der Waals surface area contributed by atoms with Crippen molar-refractivity contribution in [2.45, 2.75) is 18.9 Å². The number of nitrogens with zero attached hydrogens (tertiary/aromatic N) is 3. The minimum atomic E-state index is -3.00. The molecular weight excluding hydrogens is 357 g/mol. The highest BCUT2D eigenvalue weighted by atomic mass is 32.2. The summed E-state index contributed by atoms with van der Waals surface area (Å²) in [5.74, 6) is -0.415. The highest BCUT2D eigenvalue weighted by Gasteiger charge is 2.36. The van der Waals surface area contributed by atoms with Crippen LogP contribution in [0.25, 0.3) is 0 Å². The Balaban J connectivity index is 1.81. The van der Waals surface area contributed by atoms with Crippen LogP contribution in [0.1, 0.15) is 24.4 Å². The molecule has 0 radical (unpaired) electrons.